The largest absolute Gasteiger partial charge is 0.391 e. The van der Waals surface area contributed by atoms with Gasteiger partial charge in [-0.25, -0.2) is 0 Å². The monoisotopic (exact) mass is 311 g/mol. The minimum atomic E-state index is -0.561. The number of hydrogen-bond acceptors (Lipinski definition) is 2. The minimum absolute atomic E-state index is 0.368. The van der Waals surface area contributed by atoms with Crippen LogP contribution in [-0.2, 0) is 0 Å². The molecule has 0 aromatic heterocycles. The lowest BCUT2D eigenvalue weighted by molar-refractivity contribution is 0.164. The molecule has 0 amide bonds. The van der Waals surface area contributed by atoms with Crippen molar-refractivity contribution in [3.05, 3.63) is 32.4 Å². The summed E-state index contributed by atoms with van der Waals surface area (Å²) in [6, 6.07) is 5.18. The highest BCUT2D eigenvalue weighted by atomic mass is 127. The first-order chi connectivity index (χ1) is 6.00. The summed E-state index contributed by atoms with van der Waals surface area (Å²) in [5.41, 5.74) is 6.63. The zero-order valence-corrected chi connectivity index (χ0v) is 10.1. The molecule has 0 aliphatic rings. The zero-order valence-electron chi connectivity index (χ0n) is 7.17. The van der Waals surface area contributed by atoms with Gasteiger partial charge in [-0.05, 0) is 53.3 Å². The molecule has 0 spiro atoms. The molecule has 0 saturated carbocycles. The number of rotatable bonds is 2. The second-order valence-corrected chi connectivity index (χ2v) is 4.65. The van der Waals surface area contributed by atoms with E-state index in [0.29, 0.717) is 5.02 Å². The van der Waals surface area contributed by atoms with Gasteiger partial charge in [0.2, 0.25) is 0 Å². The van der Waals surface area contributed by atoms with Crippen molar-refractivity contribution in [2.24, 2.45) is 5.73 Å². The van der Waals surface area contributed by atoms with E-state index in [2.05, 4.69) is 22.6 Å². The predicted octanol–water partition coefficient (Wildman–Crippen LogP) is 2.33. The SMILES string of the molecule is CC(O)C(N)c1cc(Cl)cc(I)c1. The first-order valence-corrected chi connectivity index (χ1v) is 5.36. The lowest BCUT2D eigenvalue weighted by Crippen LogP contribution is -2.23. The Morgan fingerprint density at radius 2 is 2.08 bits per heavy atom. The second-order valence-electron chi connectivity index (χ2n) is 2.97. The van der Waals surface area contributed by atoms with Gasteiger partial charge in [-0.3, -0.25) is 0 Å². The van der Waals surface area contributed by atoms with E-state index in [9.17, 15) is 5.11 Å². The van der Waals surface area contributed by atoms with Gasteiger partial charge in [-0.2, -0.15) is 0 Å². The normalized spacial score (nSPS) is 15.5. The Morgan fingerprint density at radius 3 is 2.54 bits per heavy atom. The van der Waals surface area contributed by atoms with E-state index < -0.39 is 6.10 Å². The third-order valence-corrected chi connectivity index (χ3v) is 2.63. The Morgan fingerprint density at radius 1 is 1.46 bits per heavy atom. The standard InChI is InChI=1S/C9H11ClINO/c1-5(13)9(12)6-2-7(10)4-8(11)3-6/h2-5,9,13H,12H2,1H3. The van der Waals surface area contributed by atoms with E-state index >= 15 is 0 Å². The first-order valence-electron chi connectivity index (χ1n) is 3.90. The van der Waals surface area contributed by atoms with Crippen molar-refractivity contribution in [2.45, 2.75) is 19.1 Å². The van der Waals surface area contributed by atoms with Crippen LogP contribution < -0.4 is 5.73 Å². The topological polar surface area (TPSA) is 46.2 Å². The molecule has 72 valence electrons. The number of aliphatic hydroxyl groups is 1. The molecule has 4 heteroatoms. The van der Waals surface area contributed by atoms with Crippen LogP contribution in [0.15, 0.2) is 18.2 Å². The highest BCUT2D eigenvalue weighted by Gasteiger charge is 2.12. The van der Waals surface area contributed by atoms with Gasteiger partial charge in [-0.15, -0.1) is 0 Å². The van der Waals surface area contributed by atoms with E-state index in [0.717, 1.165) is 9.13 Å². The van der Waals surface area contributed by atoms with Crippen molar-refractivity contribution in [2.75, 3.05) is 0 Å². The van der Waals surface area contributed by atoms with Gasteiger partial charge >= 0.3 is 0 Å². The van der Waals surface area contributed by atoms with Gasteiger partial charge < -0.3 is 10.8 Å². The average molecular weight is 312 g/mol. The number of nitrogens with two attached hydrogens (primary N) is 1. The maximum atomic E-state index is 9.29. The van der Waals surface area contributed by atoms with Crippen LogP contribution in [0.3, 0.4) is 0 Å². The Kier molecular flexibility index (Phi) is 3.97. The van der Waals surface area contributed by atoms with Crippen molar-refractivity contribution >= 4 is 34.2 Å². The first kappa shape index (κ1) is 11.2. The third-order valence-electron chi connectivity index (χ3n) is 1.79. The molecular formula is C9H11ClINO. The van der Waals surface area contributed by atoms with Crippen molar-refractivity contribution in [3.8, 4) is 0 Å². The minimum Gasteiger partial charge on any atom is -0.391 e. The lowest BCUT2D eigenvalue weighted by atomic mass is 10.0. The molecule has 2 atom stereocenters. The van der Waals surface area contributed by atoms with Crippen molar-refractivity contribution < 1.29 is 5.11 Å². The Labute approximate surface area is 96.2 Å². The molecule has 0 aliphatic heterocycles. The molecule has 2 nitrogen and oxygen atoms in total. The van der Waals surface area contributed by atoms with Gasteiger partial charge in [0.1, 0.15) is 0 Å². The quantitative estimate of drug-likeness (QED) is 0.824. The van der Waals surface area contributed by atoms with Crippen LogP contribution in [0, 0.1) is 3.57 Å². The summed E-state index contributed by atoms with van der Waals surface area (Å²) < 4.78 is 1.02. The molecular weight excluding hydrogens is 300 g/mol. The maximum absolute atomic E-state index is 9.29. The summed E-state index contributed by atoms with van der Waals surface area (Å²) in [4.78, 5) is 0. The molecule has 13 heavy (non-hydrogen) atoms. The van der Waals surface area contributed by atoms with E-state index in [1.807, 2.05) is 12.1 Å². The van der Waals surface area contributed by atoms with Crippen LogP contribution in [0.2, 0.25) is 5.02 Å². The highest BCUT2D eigenvalue weighted by molar-refractivity contribution is 14.1. The molecule has 1 aromatic rings. The fourth-order valence-corrected chi connectivity index (χ4v) is 2.17. The lowest BCUT2D eigenvalue weighted by Gasteiger charge is -2.15. The summed E-state index contributed by atoms with van der Waals surface area (Å²) in [5, 5.41) is 9.94. The molecule has 0 bridgehead atoms. The van der Waals surface area contributed by atoms with Crippen LogP contribution in [0.5, 0.6) is 0 Å². The number of hydrogen-bond donors (Lipinski definition) is 2. The summed E-state index contributed by atoms with van der Waals surface area (Å²) in [5.74, 6) is 0. The maximum Gasteiger partial charge on any atom is 0.0704 e. The summed E-state index contributed by atoms with van der Waals surface area (Å²) >= 11 is 8.02. The van der Waals surface area contributed by atoms with Crippen LogP contribution >= 0.6 is 34.2 Å². The van der Waals surface area contributed by atoms with Gasteiger partial charge in [-0.1, -0.05) is 11.6 Å². The molecule has 2 unspecified atom stereocenters. The highest BCUT2D eigenvalue weighted by Crippen LogP contribution is 2.22. The summed E-state index contributed by atoms with van der Waals surface area (Å²) in [7, 11) is 0. The molecule has 1 rings (SSSR count). The van der Waals surface area contributed by atoms with Crippen molar-refractivity contribution in [1.29, 1.82) is 0 Å². The van der Waals surface area contributed by atoms with Crippen LogP contribution in [0.4, 0.5) is 0 Å². The Hall–Kier alpha value is 0.160. The number of halogens is 2. The van der Waals surface area contributed by atoms with Crippen LogP contribution in [0.25, 0.3) is 0 Å². The van der Waals surface area contributed by atoms with E-state index in [1.54, 1.807) is 13.0 Å². The second kappa shape index (κ2) is 4.59. The van der Waals surface area contributed by atoms with E-state index in [1.165, 1.54) is 0 Å². The fraction of sp³-hybridized carbons (Fsp3) is 0.333. The van der Waals surface area contributed by atoms with E-state index in [4.69, 9.17) is 17.3 Å². The van der Waals surface area contributed by atoms with Crippen molar-refractivity contribution in [1.82, 2.24) is 0 Å². The molecule has 3 N–H and O–H groups in total. The Balaban J connectivity index is 3.01. The smallest absolute Gasteiger partial charge is 0.0704 e. The van der Waals surface area contributed by atoms with Gasteiger partial charge in [0.15, 0.2) is 0 Å². The number of benzene rings is 1. The summed E-state index contributed by atoms with van der Waals surface area (Å²) in [6.07, 6.45) is -0.561. The molecule has 0 radical (unpaired) electrons. The third kappa shape index (κ3) is 3.09. The fourth-order valence-electron chi connectivity index (χ4n) is 1.05. The van der Waals surface area contributed by atoms with Gasteiger partial charge in [0.05, 0.1) is 12.1 Å². The zero-order chi connectivity index (χ0) is 10.0. The molecule has 0 saturated heterocycles. The Bertz CT molecular complexity index is 283. The summed E-state index contributed by atoms with van der Waals surface area (Å²) in [6.45, 7) is 1.67. The molecule has 1 aromatic carbocycles. The average Bonchev–Trinajstić information content (AvgIpc) is 2.01. The van der Waals surface area contributed by atoms with Gasteiger partial charge in [0, 0.05) is 8.59 Å². The van der Waals surface area contributed by atoms with E-state index in [-0.39, 0.29) is 6.04 Å². The molecule has 0 fully saturated rings. The predicted molar refractivity (Wildman–Crippen MR) is 62.8 cm³/mol. The molecule has 0 aliphatic carbocycles. The molecule has 0 heterocycles. The van der Waals surface area contributed by atoms with Crippen LogP contribution in [-0.4, -0.2) is 11.2 Å². The van der Waals surface area contributed by atoms with Gasteiger partial charge in [0.25, 0.3) is 0 Å². The van der Waals surface area contributed by atoms with Crippen molar-refractivity contribution in [3.63, 3.8) is 0 Å². The number of aliphatic hydroxyl groups excluding tert-OH is 1. The van der Waals surface area contributed by atoms with Crippen LogP contribution in [0.1, 0.15) is 18.5 Å².